The van der Waals surface area contributed by atoms with E-state index in [-0.39, 0.29) is 11.5 Å². The molecule has 0 aliphatic carbocycles. The van der Waals surface area contributed by atoms with E-state index in [2.05, 4.69) is 34.8 Å². The van der Waals surface area contributed by atoms with Crippen LogP contribution in [0.25, 0.3) is 0 Å². The van der Waals surface area contributed by atoms with E-state index in [0.29, 0.717) is 10.6 Å². The number of hydrogen-bond donors (Lipinski definition) is 2. The fraction of sp³-hybridized carbons (Fsp3) is 1.00. The third-order valence-corrected chi connectivity index (χ3v) is 2.03. The first-order valence-corrected chi connectivity index (χ1v) is 5.14. The van der Waals surface area contributed by atoms with Crippen LogP contribution in [0, 0.1) is 5.41 Å². The van der Waals surface area contributed by atoms with Gasteiger partial charge in [-0.25, -0.2) is 0 Å². The van der Waals surface area contributed by atoms with Gasteiger partial charge in [-0.3, -0.25) is 0 Å². The Labute approximate surface area is 82.9 Å². The number of rotatable bonds is 3. The number of halogens is 1. The summed E-state index contributed by atoms with van der Waals surface area (Å²) in [5, 5.41) is 12.8. The molecule has 0 saturated carbocycles. The lowest BCUT2D eigenvalue weighted by Crippen LogP contribution is -2.38. The molecular weight excluding hydrogens is 253 g/mol. The maximum atomic E-state index is 9.57. The highest BCUT2D eigenvalue weighted by molar-refractivity contribution is 14.1. The Balaban J connectivity index is 3.61. The minimum atomic E-state index is -0.264. The van der Waals surface area contributed by atoms with Gasteiger partial charge in [-0.2, -0.15) is 0 Å². The van der Waals surface area contributed by atoms with Crippen molar-refractivity contribution in [2.75, 3.05) is 6.54 Å². The molecule has 0 aromatic rings. The van der Waals surface area contributed by atoms with Crippen molar-refractivity contribution in [2.24, 2.45) is 5.41 Å². The molecule has 11 heavy (non-hydrogen) atoms. The van der Waals surface area contributed by atoms with E-state index >= 15 is 0 Å². The molecule has 2 unspecified atom stereocenters. The van der Waals surface area contributed by atoms with Gasteiger partial charge in [-0.05, 0) is 12.3 Å². The van der Waals surface area contributed by atoms with Crippen LogP contribution in [-0.4, -0.2) is 21.8 Å². The van der Waals surface area contributed by atoms with Gasteiger partial charge in [0.25, 0.3) is 0 Å². The molecule has 0 heterocycles. The summed E-state index contributed by atoms with van der Waals surface area (Å²) in [5.74, 6) is 0. The van der Waals surface area contributed by atoms with Crippen LogP contribution in [-0.2, 0) is 0 Å². The van der Waals surface area contributed by atoms with Gasteiger partial charge in [0.05, 0.1) is 10.2 Å². The largest absolute Gasteiger partial charge is 0.391 e. The van der Waals surface area contributed by atoms with Gasteiger partial charge in [0, 0.05) is 6.54 Å². The number of aliphatic hydroxyl groups is 1. The maximum Gasteiger partial charge on any atom is 0.0713 e. The smallest absolute Gasteiger partial charge is 0.0713 e. The fourth-order valence-corrected chi connectivity index (χ4v) is 0.834. The minimum absolute atomic E-state index is 0.0153. The Morgan fingerprint density at radius 1 is 1.45 bits per heavy atom. The SMILES string of the molecule is CC(I)NCC(O)C(C)(C)C. The third-order valence-electron chi connectivity index (χ3n) is 1.59. The van der Waals surface area contributed by atoms with Crippen LogP contribution in [0.15, 0.2) is 0 Å². The van der Waals surface area contributed by atoms with Gasteiger partial charge in [-0.1, -0.05) is 43.4 Å². The summed E-state index contributed by atoms with van der Waals surface area (Å²) < 4.78 is 0.421. The van der Waals surface area contributed by atoms with Crippen molar-refractivity contribution in [2.45, 2.75) is 37.8 Å². The first-order chi connectivity index (χ1) is 4.84. The lowest BCUT2D eigenvalue weighted by atomic mass is 9.89. The van der Waals surface area contributed by atoms with Gasteiger partial charge in [0.1, 0.15) is 0 Å². The van der Waals surface area contributed by atoms with Crippen LogP contribution >= 0.6 is 22.6 Å². The van der Waals surface area contributed by atoms with Crippen LogP contribution in [0.1, 0.15) is 27.7 Å². The van der Waals surface area contributed by atoms with Crippen LogP contribution < -0.4 is 5.32 Å². The highest BCUT2D eigenvalue weighted by atomic mass is 127. The molecule has 68 valence electrons. The summed E-state index contributed by atoms with van der Waals surface area (Å²) in [6, 6.07) is 0. The van der Waals surface area contributed by atoms with Crippen LogP contribution in [0.4, 0.5) is 0 Å². The molecule has 2 N–H and O–H groups in total. The van der Waals surface area contributed by atoms with Gasteiger partial charge in [0.15, 0.2) is 0 Å². The number of aliphatic hydroxyl groups excluding tert-OH is 1. The molecule has 2 atom stereocenters. The Kier molecular flexibility index (Phi) is 4.89. The zero-order valence-corrected chi connectivity index (χ0v) is 9.84. The standard InChI is InChI=1S/C8H18INO/c1-6(9)10-5-7(11)8(2,3)4/h6-7,10-11H,5H2,1-4H3. The first kappa shape index (κ1) is 11.6. The zero-order chi connectivity index (χ0) is 9.07. The normalized spacial score (nSPS) is 18.0. The molecule has 0 aliphatic heterocycles. The summed E-state index contributed by atoms with van der Waals surface area (Å²) >= 11 is 2.28. The highest BCUT2D eigenvalue weighted by Crippen LogP contribution is 2.18. The van der Waals surface area contributed by atoms with E-state index < -0.39 is 0 Å². The molecule has 0 amide bonds. The quantitative estimate of drug-likeness (QED) is 0.466. The van der Waals surface area contributed by atoms with Crippen molar-refractivity contribution in [3.05, 3.63) is 0 Å². The molecular formula is C8H18INO. The molecule has 3 heteroatoms. The van der Waals surface area contributed by atoms with E-state index in [1.165, 1.54) is 0 Å². The number of hydrogen-bond acceptors (Lipinski definition) is 2. The Morgan fingerprint density at radius 2 is 1.91 bits per heavy atom. The molecule has 0 radical (unpaired) electrons. The summed E-state index contributed by atoms with van der Waals surface area (Å²) in [7, 11) is 0. The Hall–Kier alpha value is 0.650. The van der Waals surface area contributed by atoms with Gasteiger partial charge in [0.2, 0.25) is 0 Å². The van der Waals surface area contributed by atoms with Gasteiger partial charge in [-0.15, -0.1) is 0 Å². The fourth-order valence-electron chi connectivity index (χ4n) is 0.580. The van der Waals surface area contributed by atoms with E-state index in [1.807, 2.05) is 20.8 Å². The van der Waals surface area contributed by atoms with Gasteiger partial charge >= 0.3 is 0 Å². The summed E-state index contributed by atoms with van der Waals surface area (Å²) in [4.78, 5) is 0. The maximum absolute atomic E-state index is 9.57. The molecule has 0 spiro atoms. The van der Waals surface area contributed by atoms with Crippen molar-refractivity contribution in [1.82, 2.24) is 5.32 Å². The van der Waals surface area contributed by atoms with E-state index in [9.17, 15) is 5.11 Å². The van der Waals surface area contributed by atoms with E-state index in [4.69, 9.17) is 0 Å². The number of alkyl halides is 1. The molecule has 0 saturated heterocycles. The molecule has 0 aliphatic rings. The second-order valence-corrected chi connectivity index (χ2v) is 5.77. The second-order valence-electron chi connectivity index (χ2n) is 3.91. The molecule has 0 aromatic heterocycles. The topological polar surface area (TPSA) is 32.3 Å². The number of nitrogens with one attached hydrogen (secondary N) is 1. The molecule has 0 aromatic carbocycles. The predicted octanol–water partition coefficient (Wildman–Crippen LogP) is 1.76. The van der Waals surface area contributed by atoms with Crippen molar-refractivity contribution < 1.29 is 5.11 Å². The van der Waals surface area contributed by atoms with Crippen LogP contribution in [0.3, 0.4) is 0 Å². The lowest BCUT2D eigenvalue weighted by Gasteiger charge is -2.26. The summed E-state index contributed by atoms with van der Waals surface area (Å²) in [6.07, 6.45) is -0.264. The third kappa shape index (κ3) is 5.87. The van der Waals surface area contributed by atoms with Crippen molar-refractivity contribution in [1.29, 1.82) is 0 Å². The van der Waals surface area contributed by atoms with Gasteiger partial charge < -0.3 is 10.4 Å². The average Bonchev–Trinajstić information content (AvgIpc) is 1.80. The molecule has 0 bridgehead atoms. The van der Waals surface area contributed by atoms with Crippen molar-refractivity contribution >= 4 is 22.6 Å². The molecule has 0 rings (SSSR count). The zero-order valence-electron chi connectivity index (χ0n) is 7.69. The first-order valence-electron chi connectivity index (χ1n) is 3.89. The Morgan fingerprint density at radius 3 is 2.18 bits per heavy atom. The lowest BCUT2D eigenvalue weighted by molar-refractivity contribution is 0.0632. The monoisotopic (exact) mass is 271 g/mol. The summed E-state index contributed by atoms with van der Waals surface area (Å²) in [5.41, 5.74) is -0.0153. The highest BCUT2D eigenvalue weighted by Gasteiger charge is 2.21. The van der Waals surface area contributed by atoms with E-state index in [1.54, 1.807) is 0 Å². The molecule has 0 fully saturated rings. The van der Waals surface area contributed by atoms with Crippen LogP contribution in [0.2, 0.25) is 0 Å². The second kappa shape index (κ2) is 4.62. The van der Waals surface area contributed by atoms with Crippen molar-refractivity contribution in [3.8, 4) is 0 Å². The summed E-state index contributed by atoms with van der Waals surface area (Å²) in [6.45, 7) is 8.86. The van der Waals surface area contributed by atoms with Crippen LogP contribution in [0.5, 0.6) is 0 Å². The molecule has 2 nitrogen and oxygen atoms in total. The minimum Gasteiger partial charge on any atom is -0.391 e. The average molecular weight is 271 g/mol. The Bertz CT molecular complexity index is 109. The predicted molar refractivity (Wildman–Crippen MR) is 56.9 cm³/mol. The van der Waals surface area contributed by atoms with Crippen molar-refractivity contribution in [3.63, 3.8) is 0 Å². The van der Waals surface area contributed by atoms with E-state index in [0.717, 1.165) is 0 Å².